The van der Waals surface area contributed by atoms with Gasteiger partial charge in [0.2, 0.25) is 0 Å². The number of halogens is 1. The number of hydrogen-bond donors (Lipinski definition) is 1. The maximum atomic E-state index is 12.5. The second-order valence-corrected chi connectivity index (χ2v) is 5.91. The third-order valence-electron chi connectivity index (χ3n) is 3.57. The number of nitrogens with zero attached hydrogens (tertiary/aromatic N) is 2. The van der Waals surface area contributed by atoms with Crippen LogP contribution in [0.2, 0.25) is 0 Å². The molecule has 20 heavy (non-hydrogen) atoms. The summed E-state index contributed by atoms with van der Waals surface area (Å²) in [6.45, 7) is 2.53. The van der Waals surface area contributed by atoms with Crippen molar-refractivity contribution >= 4 is 27.5 Å². The number of nitrogens with two attached hydrogens (primary N) is 1. The van der Waals surface area contributed by atoms with Crippen molar-refractivity contribution in [2.75, 3.05) is 6.54 Å². The summed E-state index contributed by atoms with van der Waals surface area (Å²) in [7, 11) is 0. The molecule has 0 saturated carbocycles. The van der Waals surface area contributed by atoms with Crippen molar-refractivity contribution in [3.63, 3.8) is 0 Å². The normalized spacial score (nSPS) is 22.6. The Kier molecular flexibility index (Phi) is 4.39. The third-order valence-corrected chi connectivity index (χ3v) is 4.26. The van der Waals surface area contributed by atoms with Gasteiger partial charge in [-0.1, -0.05) is 0 Å². The number of carbonyl (C=O) groups excluding carboxylic acids is 1. The number of hydrogen-bond acceptors (Lipinski definition) is 4. The van der Waals surface area contributed by atoms with Gasteiger partial charge in [0.05, 0.1) is 10.5 Å². The van der Waals surface area contributed by atoms with Gasteiger partial charge in [-0.25, -0.2) is 0 Å². The van der Waals surface area contributed by atoms with Crippen molar-refractivity contribution in [3.05, 3.63) is 38.3 Å². The van der Waals surface area contributed by atoms with E-state index in [4.69, 9.17) is 5.73 Å². The molecule has 1 aliphatic rings. The molecule has 1 saturated heterocycles. The summed E-state index contributed by atoms with van der Waals surface area (Å²) < 4.78 is 0.565. The molecule has 2 unspecified atom stereocenters. The number of amides is 1. The molecule has 6 nitrogen and oxygen atoms in total. The topological polar surface area (TPSA) is 89.5 Å². The highest BCUT2D eigenvalue weighted by molar-refractivity contribution is 9.10. The molecule has 1 aliphatic heterocycles. The maximum absolute atomic E-state index is 12.5. The van der Waals surface area contributed by atoms with Gasteiger partial charge in [0, 0.05) is 35.2 Å². The number of nitro benzene ring substituents is 1. The highest BCUT2D eigenvalue weighted by Gasteiger charge is 2.29. The van der Waals surface area contributed by atoms with Crippen LogP contribution in [0.4, 0.5) is 5.69 Å². The molecule has 108 valence electrons. The van der Waals surface area contributed by atoms with Gasteiger partial charge in [-0.3, -0.25) is 14.9 Å². The Hall–Kier alpha value is -1.47. The predicted molar refractivity (Wildman–Crippen MR) is 78.5 cm³/mol. The summed E-state index contributed by atoms with van der Waals surface area (Å²) in [5.74, 6) is -0.194. The molecule has 2 rings (SSSR count). The number of rotatable bonds is 2. The lowest BCUT2D eigenvalue weighted by atomic mass is 9.98. The first-order valence-corrected chi connectivity index (χ1v) is 7.20. The number of benzene rings is 1. The Balaban J connectivity index is 2.29. The van der Waals surface area contributed by atoms with E-state index in [9.17, 15) is 14.9 Å². The molecule has 2 N–H and O–H groups in total. The van der Waals surface area contributed by atoms with Crippen LogP contribution in [0.5, 0.6) is 0 Å². The fourth-order valence-electron chi connectivity index (χ4n) is 2.46. The van der Waals surface area contributed by atoms with E-state index in [-0.39, 0.29) is 23.7 Å². The zero-order valence-corrected chi connectivity index (χ0v) is 12.7. The van der Waals surface area contributed by atoms with Crippen LogP contribution in [-0.2, 0) is 0 Å². The lowest BCUT2D eigenvalue weighted by Crippen LogP contribution is -2.48. The average molecular weight is 342 g/mol. The third kappa shape index (κ3) is 2.99. The first kappa shape index (κ1) is 14.9. The van der Waals surface area contributed by atoms with Crippen LogP contribution in [0.3, 0.4) is 0 Å². The van der Waals surface area contributed by atoms with Crippen molar-refractivity contribution in [1.29, 1.82) is 0 Å². The Morgan fingerprint density at radius 2 is 2.25 bits per heavy atom. The molecule has 1 amide bonds. The average Bonchev–Trinajstić information content (AvgIpc) is 2.38. The van der Waals surface area contributed by atoms with Crippen molar-refractivity contribution in [2.45, 2.75) is 31.8 Å². The lowest BCUT2D eigenvalue weighted by Gasteiger charge is -2.36. The molecular formula is C13H16BrN3O3. The molecule has 1 heterocycles. The minimum Gasteiger partial charge on any atom is -0.336 e. The standard InChI is InChI=1S/C13H16BrN3O3/c1-8-6-9(15)4-5-16(8)13(18)11-7-10(17(19)20)2-3-12(11)14/h2-3,7-9H,4-6,15H2,1H3. The van der Waals surface area contributed by atoms with Crippen LogP contribution in [0.25, 0.3) is 0 Å². The van der Waals surface area contributed by atoms with Gasteiger partial charge >= 0.3 is 0 Å². The van der Waals surface area contributed by atoms with E-state index in [1.165, 1.54) is 18.2 Å². The molecule has 0 radical (unpaired) electrons. The van der Waals surface area contributed by atoms with Crippen LogP contribution < -0.4 is 5.73 Å². The predicted octanol–water partition coefficient (Wildman–Crippen LogP) is 2.31. The number of likely N-dealkylation sites (tertiary alicyclic amines) is 1. The minimum absolute atomic E-state index is 0.0393. The number of nitro groups is 1. The molecule has 1 aromatic carbocycles. The molecule has 0 aliphatic carbocycles. The highest BCUT2D eigenvalue weighted by Crippen LogP contribution is 2.26. The SMILES string of the molecule is CC1CC(N)CCN1C(=O)c1cc([N+](=O)[O-])ccc1Br. The number of carbonyl (C=O) groups is 1. The zero-order chi connectivity index (χ0) is 14.9. The van der Waals surface area contributed by atoms with Crippen LogP contribution >= 0.6 is 15.9 Å². The first-order valence-electron chi connectivity index (χ1n) is 6.40. The number of piperidine rings is 1. The first-order chi connectivity index (χ1) is 9.40. The van der Waals surface area contributed by atoms with Gasteiger partial charge in [0.25, 0.3) is 11.6 Å². The molecule has 7 heteroatoms. The Labute approximate surface area is 125 Å². The van der Waals surface area contributed by atoms with Crippen molar-refractivity contribution in [2.24, 2.45) is 5.73 Å². The monoisotopic (exact) mass is 341 g/mol. The Morgan fingerprint density at radius 3 is 2.85 bits per heavy atom. The van der Waals surface area contributed by atoms with E-state index >= 15 is 0 Å². The van der Waals surface area contributed by atoms with Crippen molar-refractivity contribution < 1.29 is 9.72 Å². The highest BCUT2D eigenvalue weighted by atomic mass is 79.9. The van der Waals surface area contributed by atoms with E-state index in [1.807, 2.05) is 6.92 Å². The summed E-state index contributed by atoms with van der Waals surface area (Å²) >= 11 is 3.28. The fraction of sp³-hybridized carbons (Fsp3) is 0.462. The minimum atomic E-state index is -0.501. The second-order valence-electron chi connectivity index (χ2n) is 5.05. The molecule has 0 spiro atoms. The largest absolute Gasteiger partial charge is 0.336 e. The van der Waals surface area contributed by atoms with E-state index in [2.05, 4.69) is 15.9 Å². The summed E-state index contributed by atoms with van der Waals surface area (Å²) in [6.07, 6.45) is 1.50. The van der Waals surface area contributed by atoms with E-state index in [0.29, 0.717) is 16.6 Å². The number of non-ortho nitro benzene ring substituents is 1. The molecule has 1 aromatic rings. The quantitative estimate of drug-likeness (QED) is 0.660. The van der Waals surface area contributed by atoms with Gasteiger partial charge in [0.1, 0.15) is 0 Å². The summed E-state index contributed by atoms with van der Waals surface area (Å²) in [5.41, 5.74) is 6.12. The van der Waals surface area contributed by atoms with Crippen LogP contribution in [-0.4, -0.2) is 34.4 Å². The maximum Gasteiger partial charge on any atom is 0.270 e. The second kappa shape index (κ2) is 5.88. The zero-order valence-electron chi connectivity index (χ0n) is 11.1. The summed E-state index contributed by atoms with van der Waals surface area (Å²) in [4.78, 5) is 24.6. The lowest BCUT2D eigenvalue weighted by molar-refractivity contribution is -0.384. The Bertz CT molecular complexity index is 550. The van der Waals surface area contributed by atoms with E-state index in [1.54, 1.807) is 4.90 Å². The molecule has 1 fully saturated rings. The van der Waals surface area contributed by atoms with Gasteiger partial charge in [0.15, 0.2) is 0 Å². The van der Waals surface area contributed by atoms with Crippen LogP contribution in [0.15, 0.2) is 22.7 Å². The molecule has 0 bridgehead atoms. The van der Waals surface area contributed by atoms with Gasteiger partial charge < -0.3 is 10.6 Å². The van der Waals surface area contributed by atoms with Gasteiger partial charge in [-0.15, -0.1) is 0 Å². The molecule has 0 aromatic heterocycles. The van der Waals surface area contributed by atoms with E-state index < -0.39 is 4.92 Å². The smallest absolute Gasteiger partial charge is 0.270 e. The molecular weight excluding hydrogens is 326 g/mol. The Morgan fingerprint density at radius 1 is 1.55 bits per heavy atom. The summed E-state index contributed by atoms with van der Waals surface area (Å²) in [5, 5.41) is 10.8. The van der Waals surface area contributed by atoms with Crippen LogP contribution in [0.1, 0.15) is 30.1 Å². The van der Waals surface area contributed by atoms with Crippen molar-refractivity contribution in [1.82, 2.24) is 4.90 Å². The van der Waals surface area contributed by atoms with Crippen LogP contribution in [0, 0.1) is 10.1 Å². The van der Waals surface area contributed by atoms with E-state index in [0.717, 1.165) is 12.8 Å². The fourth-order valence-corrected chi connectivity index (χ4v) is 2.87. The van der Waals surface area contributed by atoms with Gasteiger partial charge in [-0.05, 0) is 41.8 Å². The van der Waals surface area contributed by atoms with Crippen molar-refractivity contribution in [3.8, 4) is 0 Å². The van der Waals surface area contributed by atoms with Gasteiger partial charge in [-0.2, -0.15) is 0 Å². The molecule has 2 atom stereocenters. The summed E-state index contributed by atoms with van der Waals surface area (Å²) in [6, 6.07) is 4.37.